The van der Waals surface area contributed by atoms with E-state index in [9.17, 15) is 8.42 Å². The van der Waals surface area contributed by atoms with Crippen LogP contribution in [-0.4, -0.2) is 49.8 Å². The minimum atomic E-state index is -3.28. The highest BCUT2D eigenvalue weighted by molar-refractivity contribution is 7.86. The zero-order valence-corrected chi connectivity index (χ0v) is 14.2. The van der Waals surface area contributed by atoms with E-state index in [0.29, 0.717) is 44.6 Å². The standard InChI is InChI=1S/C15H31N3O2S/c1-2-5-14-6-3-9-17(11-8-14)21(19,20)18-10-4-7-15(12-16)13-18/h14-15H,2-13,16H2,1H3. The van der Waals surface area contributed by atoms with Crippen LogP contribution in [0.3, 0.4) is 0 Å². The largest absolute Gasteiger partial charge is 0.330 e. The molecule has 0 aromatic rings. The molecule has 5 nitrogen and oxygen atoms in total. The van der Waals surface area contributed by atoms with E-state index in [1.165, 1.54) is 19.3 Å². The zero-order chi connectivity index (χ0) is 15.3. The van der Waals surface area contributed by atoms with Crippen molar-refractivity contribution in [2.45, 2.75) is 51.9 Å². The smallest absolute Gasteiger partial charge is 0.281 e. The van der Waals surface area contributed by atoms with Crippen LogP contribution >= 0.6 is 0 Å². The van der Waals surface area contributed by atoms with Gasteiger partial charge in [0.05, 0.1) is 0 Å². The number of hydrogen-bond donors (Lipinski definition) is 1. The Hall–Kier alpha value is -0.170. The SMILES string of the molecule is CCCC1CCCN(S(=O)(=O)N2CCCC(CN)C2)CC1. The minimum absolute atomic E-state index is 0.327. The average Bonchev–Trinajstić information content (AvgIpc) is 2.74. The van der Waals surface area contributed by atoms with Crippen LogP contribution in [0.4, 0.5) is 0 Å². The first-order valence-electron chi connectivity index (χ1n) is 8.53. The van der Waals surface area contributed by atoms with E-state index in [0.717, 1.165) is 25.7 Å². The molecule has 0 radical (unpaired) electrons. The van der Waals surface area contributed by atoms with Crippen molar-refractivity contribution in [2.24, 2.45) is 17.6 Å². The van der Waals surface area contributed by atoms with Crippen LogP contribution in [-0.2, 0) is 10.2 Å². The quantitative estimate of drug-likeness (QED) is 0.841. The van der Waals surface area contributed by atoms with Crippen molar-refractivity contribution in [2.75, 3.05) is 32.7 Å². The lowest BCUT2D eigenvalue weighted by atomic mass is 9.96. The minimum Gasteiger partial charge on any atom is -0.330 e. The molecule has 0 bridgehead atoms. The summed E-state index contributed by atoms with van der Waals surface area (Å²) >= 11 is 0. The zero-order valence-electron chi connectivity index (χ0n) is 13.3. The lowest BCUT2D eigenvalue weighted by Crippen LogP contribution is -2.49. The Morgan fingerprint density at radius 3 is 2.33 bits per heavy atom. The summed E-state index contributed by atoms with van der Waals surface area (Å²) in [6.07, 6.45) is 7.60. The molecule has 2 saturated heterocycles. The van der Waals surface area contributed by atoms with Crippen LogP contribution < -0.4 is 5.73 Å². The van der Waals surface area contributed by atoms with Crippen LogP contribution in [0.2, 0.25) is 0 Å². The normalized spacial score (nSPS) is 30.2. The molecule has 0 amide bonds. The second-order valence-corrected chi connectivity index (χ2v) is 8.52. The Morgan fingerprint density at radius 2 is 1.67 bits per heavy atom. The fourth-order valence-corrected chi connectivity index (χ4v) is 5.44. The van der Waals surface area contributed by atoms with Gasteiger partial charge in [-0.25, -0.2) is 0 Å². The molecule has 0 aliphatic carbocycles. The molecule has 0 saturated carbocycles. The van der Waals surface area contributed by atoms with Gasteiger partial charge in [0.25, 0.3) is 10.2 Å². The van der Waals surface area contributed by atoms with Gasteiger partial charge >= 0.3 is 0 Å². The van der Waals surface area contributed by atoms with Gasteiger partial charge in [0.15, 0.2) is 0 Å². The molecule has 0 aromatic carbocycles. The van der Waals surface area contributed by atoms with Crippen LogP contribution in [0.1, 0.15) is 51.9 Å². The third kappa shape index (κ3) is 4.41. The van der Waals surface area contributed by atoms with Crippen LogP contribution in [0, 0.1) is 11.8 Å². The van der Waals surface area contributed by atoms with E-state index >= 15 is 0 Å². The molecule has 2 aliphatic heterocycles. The number of rotatable bonds is 5. The Labute approximate surface area is 130 Å². The lowest BCUT2D eigenvalue weighted by Gasteiger charge is -2.34. The Morgan fingerprint density at radius 1 is 1.00 bits per heavy atom. The number of nitrogens with zero attached hydrogens (tertiary/aromatic N) is 2. The summed E-state index contributed by atoms with van der Waals surface area (Å²) in [7, 11) is -3.28. The van der Waals surface area contributed by atoms with E-state index in [1.54, 1.807) is 8.61 Å². The highest BCUT2D eigenvalue weighted by Crippen LogP contribution is 2.26. The van der Waals surface area contributed by atoms with Crippen molar-refractivity contribution < 1.29 is 8.42 Å². The van der Waals surface area contributed by atoms with E-state index in [2.05, 4.69) is 6.92 Å². The third-order valence-corrected chi connectivity index (χ3v) is 6.97. The summed E-state index contributed by atoms with van der Waals surface area (Å²) in [5, 5.41) is 0. The average molecular weight is 317 g/mol. The molecule has 2 fully saturated rings. The fourth-order valence-electron chi connectivity index (χ4n) is 3.66. The topological polar surface area (TPSA) is 66.6 Å². The summed E-state index contributed by atoms with van der Waals surface area (Å²) < 4.78 is 29.1. The van der Waals surface area contributed by atoms with Gasteiger partial charge < -0.3 is 5.73 Å². The molecule has 2 heterocycles. The van der Waals surface area contributed by atoms with Crippen LogP contribution in [0.5, 0.6) is 0 Å². The second-order valence-electron chi connectivity index (χ2n) is 6.59. The van der Waals surface area contributed by atoms with Gasteiger partial charge in [0, 0.05) is 26.2 Å². The maximum Gasteiger partial charge on any atom is 0.281 e. The van der Waals surface area contributed by atoms with E-state index in [4.69, 9.17) is 5.73 Å². The molecule has 2 aliphatic rings. The summed E-state index contributed by atoms with van der Waals surface area (Å²) in [6, 6.07) is 0. The van der Waals surface area contributed by atoms with E-state index in [1.807, 2.05) is 0 Å². The van der Waals surface area contributed by atoms with Gasteiger partial charge in [-0.15, -0.1) is 0 Å². The van der Waals surface area contributed by atoms with Gasteiger partial charge in [-0.2, -0.15) is 17.0 Å². The molecule has 0 aromatic heterocycles. The van der Waals surface area contributed by atoms with Gasteiger partial charge in [-0.05, 0) is 50.5 Å². The molecule has 0 spiro atoms. The van der Waals surface area contributed by atoms with Crippen molar-refractivity contribution in [1.82, 2.24) is 8.61 Å². The number of hydrogen-bond acceptors (Lipinski definition) is 3. The van der Waals surface area contributed by atoms with Gasteiger partial charge in [-0.1, -0.05) is 19.8 Å². The van der Waals surface area contributed by atoms with E-state index in [-0.39, 0.29) is 0 Å². The maximum absolute atomic E-state index is 12.8. The first-order chi connectivity index (χ1) is 10.1. The summed E-state index contributed by atoms with van der Waals surface area (Å²) in [5.74, 6) is 1.03. The van der Waals surface area contributed by atoms with Crippen molar-refractivity contribution in [3.05, 3.63) is 0 Å². The van der Waals surface area contributed by atoms with Gasteiger partial charge in [-0.3, -0.25) is 0 Å². The molecule has 2 N–H and O–H groups in total. The summed E-state index contributed by atoms with van der Waals surface area (Å²) in [6.45, 7) is 5.44. The molecule has 6 heteroatoms. The summed E-state index contributed by atoms with van der Waals surface area (Å²) in [4.78, 5) is 0. The molecule has 2 atom stereocenters. The van der Waals surface area contributed by atoms with Crippen LogP contribution in [0.25, 0.3) is 0 Å². The predicted molar refractivity (Wildman–Crippen MR) is 86.1 cm³/mol. The number of piperidine rings is 1. The fraction of sp³-hybridized carbons (Fsp3) is 1.00. The van der Waals surface area contributed by atoms with Crippen molar-refractivity contribution in [3.63, 3.8) is 0 Å². The molecule has 2 rings (SSSR count). The number of nitrogens with two attached hydrogens (primary N) is 1. The molecular weight excluding hydrogens is 286 g/mol. The molecule has 2 unspecified atom stereocenters. The maximum atomic E-state index is 12.8. The summed E-state index contributed by atoms with van der Waals surface area (Å²) in [5.41, 5.74) is 5.73. The lowest BCUT2D eigenvalue weighted by molar-refractivity contribution is 0.250. The third-order valence-electron chi connectivity index (χ3n) is 4.97. The highest BCUT2D eigenvalue weighted by Gasteiger charge is 2.34. The van der Waals surface area contributed by atoms with Gasteiger partial charge in [0.2, 0.25) is 0 Å². The van der Waals surface area contributed by atoms with Gasteiger partial charge in [0.1, 0.15) is 0 Å². The predicted octanol–water partition coefficient (Wildman–Crippen LogP) is 1.80. The first kappa shape index (κ1) is 17.2. The Kier molecular flexibility index (Phi) is 6.47. The second kappa shape index (κ2) is 7.90. The van der Waals surface area contributed by atoms with Crippen LogP contribution in [0.15, 0.2) is 0 Å². The molecule has 124 valence electrons. The Balaban J connectivity index is 1.98. The first-order valence-corrected chi connectivity index (χ1v) is 9.93. The monoisotopic (exact) mass is 317 g/mol. The van der Waals surface area contributed by atoms with Crippen molar-refractivity contribution >= 4 is 10.2 Å². The molecular formula is C15H31N3O2S. The van der Waals surface area contributed by atoms with E-state index < -0.39 is 10.2 Å². The highest BCUT2D eigenvalue weighted by atomic mass is 32.2. The van der Waals surface area contributed by atoms with Crippen molar-refractivity contribution in [3.8, 4) is 0 Å². The Bertz CT molecular complexity index is 413. The molecule has 21 heavy (non-hydrogen) atoms. The van der Waals surface area contributed by atoms with Crippen molar-refractivity contribution in [1.29, 1.82) is 0 Å².